The van der Waals surface area contributed by atoms with E-state index in [2.05, 4.69) is 10.1 Å². The van der Waals surface area contributed by atoms with Crippen molar-refractivity contribution in [3.8, 4) is 5.75 Å². The molecule has 0 spiro atoms. The van der Waals surface area contributed by atoms with Gasteiger partial charge >= 0.3 is 6.61 Å². The van der Waals surface area contributed by atoms with Crippen molar-refractivity contribution in [3.05, 3.63) is 24.3 Å². The van der Waals surface area contributed by atoms with E-state index in [-0.39, 0.29) is 11.7 Å². The molecule has 1 N–H and O–H groups in total. The zero-order valence-electron chi connectivity index (χ0n) is 11.3. The third-order valence-electron chi connectivity index (χ3n) is 3.26. The summed E-state index contributed by atoms with van der Waals surface area (Å²) in [4.78, 5) is 13.9. The van der Waals surface area contributed by atoms with Crippen LogP contribution in [0, 0.1) is 0 Å². The molecule has 1 aromatic rings. The monoisotopic (exact) mass is 284 g/mol. The Morgan fingerprint density at radius 1 is 1.30 bits per heavy atom. The fraction of sp³-hybridized carbons (Fsp3) is 0.500. The molecule has 0 bridgehead atoms. The van der Waals surface area contributed by atoms with E-state index in [1.807, 2.05) is 0 Å². The molecule has 0 radical (unpaired) electrons. The van der Waals surface area contributed by atoms with E-state index in [9.17, 15) is 13.6 Å². The van der Waals surface area contributed by atoms with Gasteiger partial charge in [-0.25, -0.2) is 0 Å². The summed E-state index contributed by atoms with van der Waals surface area (Å²) in [6.45, 7) is 0.363. The number of ether oxygens (including phenoxy) is 1. The van der Waals surface area contributed by atoms with Crippen molar-refractivity contribution in [2.75, 3.05) is 18.4 Å². The molecule has 1 amide bonds. The second-order valence-corrected chi connectivity index (χ2v) is 4.77. The largest absolute Gasteiger partial charge is 0.433 e. The van der Waals surface area contributed by atoms with Crippen LogP contribution in [-0.2, 0) is 4.79 Å². The minimum absolute atomic E-state index is 0.0191. The summed E-state index contributed by atoms with van der Waals surface area (Å²) in [6, 6.07) is 5.90. The second-order valence-electron chi connectivity index (χ2n) is 4.77. The summed E-state index contributed by atoms with van der Waals surface area (Å²) in [5.41, 5.74) is 0.396. The van der Waals surface area contributed by atoms with Crippen molar-refractivity contribution >= 4 is 11.6 Å². The van der Waals surface area contributed by atoms with Gasteiger partial charge in [0.25, 0.3) is 0 Å². The molecule has 6 heteroatoms. The second kappa shape index (κ2) is 6.54. The number of anilines is 1. The van der Waals surface area contributed by atoms with E-state index in [0.717, 1.165) is 25.9 Å². The van der Waals surface area contributed by atoms with Crippen LogP contribution in [0.2, 0.25) is 0 Å². The highest BCUT2D eigenvalue weighted by Crippen LogP contribution is 2.26. The van der Waals surface area contributed by atoms with Gasteiger partial charge in [-0.05, 0) is 31.9 Å². The van der Waals surface area contributed by atoms with Gasteiger partial charge in [-0.15, -0.1) is 0 Å². The maximum atomic E-state index is 12.3. The van der Waals surface area contributed by atoms with Crippen molar-refractivity contribution in [1.29, 1.82) is 0 Å². The normalized spacial score (nSPS) is 16.3. The maximum Gasteiger partial charge on any atom is 0.387 e. The molecule has 1 unspecified atom stereocenters. The number of alkyl halides is 2. The first kappa shape index (κ1) is 14.6. The van der Waals surface area contributed by atoms with Crippen molar-refractivity contribution in [3.63, 3.8) is 0 Å². The Bertz CT molecular complexity index is 462. The molecule has 1 heterocycles. The lowest BCUT2D eigenvalue weighted by Crippen LogP contribution is -2.39. The SMILES string of the molecule is CC(Nc1ccccc1OC(F)F)C(=O)N1CCCC1. The van der Waals surface area contributed by atoms with Crippen LogP contribution in [0.15, 0.2) is 24.3 Å². The van der Waals surface area contributed by atoms with Gasteiger partial charge in [0.05, 0.1) is 5.69 Å². The standard InChI is InChI=1S/C14H18F2N2O2/c1-10(13(19)18-8-4-5-9-18)17-11-6-2-3-7-12(11)20-14(15)16/h2-3,6-7,10,14,17H,4-5,8-9H2,1H3. The van der Waals surface area contributed by atoms with Gasteiger partial charge < -0.3 is 15.0 Å². The predicted molar refractivity (Wildman–Crippen MR) is 72.0 cm³/mol. The number of nitrogens with zero attached hydrogens (tertiary/aromatic N) is 1. The van der Waals surface area contributed by atoms with Crippen LogP contribution >= 0.6 is 0 Å². The van der Waals surface area contributed by atoms with Crippen LogP contribution in [0.5, 0.6) is 5.75 Å². The van der Waals surface area contributed by atoms with Gasteiger partial charge in [0.15, 0.2) is 0 Å². The highest BCUT2D eigenvalue weighted by Gasteiger charge is 2.23. The molecule has 0 aliphatic carbocycles. The number of hydrogen-bond acceptors (Lipinski definition) is 3. The number of carbonyl (C=O) groups excluding carboxylic acids is 1. The summed E-state index contributed by atoms with van der Waals surface area (Å²) in [6.07, 6.45) is 2.03. The third-order valence-corrected chi connectivity index (χ3v) is 3.26. The highest BCUT2D eigenvalue weighted by atomic mass is 19.3. The molecule has 20 heavy (non-hydrogen) atoms. The van der Waals surface area contributed by atoms with Crippen LogP contribution in [0.3, 0.4) is 0 Å². The third kappa shape index (κ3) is 3.59. The minimum Gasteiger partial charge on any atom is -0.433 e. The first-order valence-corrected chi connectivity index (χ1v) is 6.67. The fourth-order valence-corrected chi connectivity index (χ4v) is 2.29. The Labute approximate surface area is 116 Å². The van der Waals surface area contributed by atoms with Crippen LogP contribution < -0.4 is 10.1 Å². The molecule has 1 aliphatic rings. The Morgan fingerprint density at radius 3 is 2.60 bits per heavy atom. The highest BCUT2D eigenvalue weighted by molar-refractivity contribution is 5.85. The molecule has 4 nitrogen and oxygen atoms in total. The molecule has 0 saturated carbocycles. The van der Waals surface area contributed by atoms with E-state index >= 15 is 0 Å². The van der Waals surface area contributed by atoms with Crippen LogP contribution in [-0.4, -0.2) is 36.5 Å². The molecule has 1 saturated heterocycles. The summed E-state index contributed by atoms with van der Waals surface area (Å²) in [7, 11) is 0. The zero-order chi connectivity index (χ0) is 14.5. The Morgan fingerprint density at radius 2 is 1.95 bits per heavy atom. The average molecular weight is 284 g/mol. The molecule has 1 aromatic carbocycles. The van der Waals surface area contributed by atoms with E-state index in [4.69, 9.17) is 0 Å². The van der Waals surface area contributed by atoms with Crippen molar-refractivity contribution < 1.29 is 18.3 Å². The number of halogens is 2. The lowest BCUT2D eigenvalue weighted by Gasteiger charge is -2.22. The van der Waals surface area contributed by atoms with Crippen LogP contribution in [0.25, 0.3) is 0 Å². The van der Waals surface area contributed by atoms with E-state index in [0.29, 0.717) is 5.69 Å². The number of rotatable bonds is 5. The first-order valence-electron chi connectivity index (χ1n) is 6.67. The van der Waals surface area contributed by atoms with Crippen molar-refractivity contribution in [2.45, 2.75) is 32.4 Å². The van der Waals surface area contributed by atoms with Gasteiger partial charge in [-0.3, -0.25) is 4.79 Å². The fourth-order valence-electron chi connectivity index (χ4n) is 2.29. The smallest absolute Gasteiger partial charge is 0.387 e. The first-order chi connectivity index (χ1) is 9.58. The molecule has 1 atom stereocenters. The average Bonchev–Trinajstić information content (AvgIpc) is 2.93. The number of nitrogens with one attached hydrogen (secondary N) is 1. The molecule has 110 valence electrons. The topological polar surface area (TPSA) is 41.6 Å². The predicted octanol–water partition coefficient (Wildman–Crippen LogP) is 2.71. The van der Waals surface area contributed by atoms with E-state index < -0.39 is 12.7 Å². The minimum atomic E-state index is -2.89. The number of hydrogen-bond donors (Lipinski definition) is 1. The summed E-state index contributed by atoms with van der Waals surface area (Å²) in [5.74, 6) is 0.0259. The molecule has 1 fully saturated rings. The van der Waals surface area contributed by atoms with Crippen LogP contribution in [0.4, 0.5) is 14.5 Å². The number of carbonyl (C=O) groups is 1. The van der Waals surface area contributed by atoms with Crippen LogP contribution in [0.1, 0.15) is 19.8 Å². The van der Waals surface area contributed by atoms with Crippen molar-refractivity contribution in [2.24, 2.45) is 0 Å². The maximum absolute atomic E-state index is 12.3. The van der Waals surface area contributed by atoms with Gasteiger partial charge in [-0.2, -0.15) is 8.78 Å². The Kier molecular flexibility index (Phi) is 4.76. The lowest BCUT2D eigenvalue weighted by atomic mass is 10.2. The number of para-hydroxylation sites is 2. The summed E-state index contributed by atoms with van der Waals surface area (Å²) >= 11 is 0. The van der Waals surface area contributed by atoms with Crippen molar-refractivity contribution in [1.82, 2.24) is 4.90 Å². The zero-order valence-corrected chi connectivity index (χ0v) is 11.3. The van der Waals surface area contributed by atoms with Gasteiger partial charge in [0.2, 0.25) is 5.91 Å². The van der Waals surface area contributed by atoms with E-state index in [1.165, 1.54) is 6.07 Å². The van der Waals surface area contributed by atoms with Gasteiger partial charge in [0.1, 0.15) is 11.8 Å². The number of benzene rings is 1. The molecule has 1 aliphatic heterocycles. The quantitative estimate of drug-likeness (QED) is 0.904. The molecule has 2 rings (SSSR count). The number of amides is 1. The van der Waals surface area contributed by atoms with Gasteiger partial charge in [-0.1, -0.05) is 12.1 Å². The lowest BCUT2D eigenvalue weighted by molar-refractivity contribution is -0.130. The number of likely N-dealkylation sites (tertiary alicyclic amines) is 1. The molecule has 0 aromatic heterocycles. The Hall–Kier alpha value is -1.85. The van der Waals surface area contributed by atoms with E-state index in [1.54, 1.807) is 30.0 Å². The summed E-state index contributed by atoms with van der Waals surface area (Å²) < 4.78 is 29.1. The van der Waals surface area contributed by atoms with Gasteiger partial charge in [0, 0.05) is 13.1 Å². The molecular formula is C14H18F2N2O2. The summed E-state index contributed by atoms with van der Waals surface area (Å²) in [5, 5.41) is 2.94. The molecular weight excluding hydrogens is 266 g/mol. The Balaban J connectivity index is 2.03.